The number of ether oxygens (including phenoxy) is 1. The lowest BCUT2D eigenvalue weighted by atomic mass is 9.91. The van der Waals surface area contributed by atoms with Crippen LogP contribution < -0.4 is 0 Å². The fraction of sp³-hybridized carbons (Fsp3) is 0.250. The van der Waals surface area contributed by atoms with Crippen molar-refractivity contribution in [2.45, 2.75) is 12.0 Å². The predicted octanol–water partition coefficient (Wildman–Crippen LogP) is 2.35. The quantitative estimate of drug-likeness (QED) is 0.548. The summed E-state index contributed by atoms with van der Waals surface area (Å²) in [6, 6.07) is 8.93. The lowest BCUT2D eigenvalue weighted by molar-refractivity contribution is -0.148. The molecular formula is C12H11FO2. The summed E-state index contributed by atoms with van der Waals surface area (Å²) in [4.78, 5) is 11.2. The number of hydrogen-bond acceptors (Lipinski definition) is 2. The summed E-state index contributed by atoms with van der Waals surface area (Å²) in [5, 5.41) is 0. The van der Waals surface area contributed by atoms with E-state index in [4.69, 9.17) is 4.74 Å². The van der Waals surface area contributed by atoms with Crippen molar-refractivity contribution in [3.05, 3.63) is 48.0 Å². The van der Waals surface area contributed by atoms with Crippen LogP contribution in [0.5, 0.6) is 0 Å². The molecule has 0 spiro atoms. The highest BCUT2D eigenvalue weighted by Crippen LogP contribution is 2.39. The zero-order valence-corrected chi connectivity index (χ0v) is 8.20. The second-order valence-corrected chi connectivity index (χ2v) is 3.66. The van der Waals surface area contributed by atoms with Crippen molar-refractivity contribution in [3.63, 3.8) is 0 Å². The highest BCUT2D eigenvalue weighted by Gasteiger charge is 2.44. The van der Waals surface area contributed by atoms with Crippen LogP contribution in [0, 0.1) is 0 Å². The van der Waals surface area contributed by atoms with Crippen molar-refractivity contribution >= 4 is 5.97 Å². The van der Waals surface area contributed by atoms with Crippen LogP contribution in [0.25, 0.3) is 0 Å². The van der Waals surface area contributed by atoms with E-state index in [-0.39, 0.29) is 6.42 Å². The van der Waals surface area contributed by atoms with Crippen molar-refractivity contribution in [2.75, 3.05) is 6.67 Å². The van der Waals surface area contributed by atoms with Crippen LogP contribution in [-0.4, -0.2) is 12.6 Å². The minimum Gasteiger partial charge on any atom is -0.448 e. The lowest BCUT2D eigenvalue weighted by Crippen LogP contribution is -2.27. The van der Waals surface area contributed by atoms with Crippen LogP contribution in [0.2, 0.25) is 0 Å². The van der Waals surface area contributed by atoms with E-state index >= 15 is 0 Å². The van der Waals surface area contributed by atoms with Crippen molar-refractivity contribution in [1.29, 1.82) is 0 Å². The molecule has 0 radical (unpaired) electrons. The molecular weight excluding hydrogens is 195 g/mol. The van der Waals surface area contributed by atoms with E-state index in [1.807, 2.05) is 6.07 Å². The molecule has 0 amide bonds. The molecule has 15 heavy (non-hydrogen) atoms. The molecule has 0 saturated carbocycles. The molecule has 3 heteroatoms. The lowest BCUT2D eigenvalue weighted by Gasteiger charge is -2.24. The fourth-order valence-corrected chi connectivity index (χ4v) is 1.76. The maximum Gasteiger partial charge on any atom is 0.334 e. The van der Waals surface area contributed by atoms with Gasteiger partial charge in [-0.05, 0) is 5.56 Å². The third-order valence-electron chi connectivity index (χ3n) is 2.59. The van der Waals surface area contributed by atoms with Gasteiger partial charge in [-0.15, -0.1) is 0 Å². The van der Waals surface area contributed by atoms with Crippen LogP contribution in [0.1, 0.15) is 12.0 Å². The van der Waals surface area contributed by atoms with Crippen LogP contribution in [-0.2, 0) is 15.1 Å². The Kier molecular flexibility index (Phi) is 2.31. The molecule has 1 aromatic rings. The third-order valence-corrected chi connectivity index (χ3v) is 2.59. The summed E-state index contributed by atoms with van der Waals surface area (Å²) in [5.41, 5.74) is -0.133. The molecule has 1 aliphatic heterocycles. The molecule has 1 heterocycles. The largest absolute Gasteiger partial charge is 0.448 e. The number of esters is 1. The topological polar surface area (TPSA) is 26.3 Å². The van der Waals surface area contributed by atoms with E-state index in [9.17, 15) is 9.18 Å². The zero-order valence-electron chi connectivity index (χ0n) is 8.20. The molecule has 0 aliphatic carbocycles. The first-order valence-electron chi connectivity index (χ1n) is 4.70. The summed E-state index contributed by atoms with van der Waals surface area (Å²) < 4.78 is 18.2. The Morgan fingerprint density at radius 3 is 2.53 bits per heavy atom. The molecule has 1 unspecified atom stereocenters. The van der Waals surface area contributed by atoms with E-state index in [2.05, 4.69) is 6.58 Å². The van der Waals surface area contributed by atoms with Crippen LogP contribution in [0.3, 0.4) is 0 Å². The Bertz CT molecular complexity index is 381. The minimum atomic E-state index is -1.14. The van der Waals surface area contributed by atoms with E-state index in [1.54, 1.807) is 24.3 Å². The molecule has 1 aliphatic rings. The van der Waals surface area contributed by atoms with Crippen molar-refractivity contribution in [2.24, 2.45) is 0 Å². The first-order valence-corrected chi connectivity index (χ1v) is 4.70. The predicted molar refractivity (Wildman–Crippen MR) is 53.9 cm³/mol. The second-order valence-electron chi connectivity index (χ2n) is 3.66. The Morgan fingerprint density at radius 1 is 1.40 bits per heavy atom. The number of benzene rings is 1. The number of carbonyl (C=O) groups is 1. The van der Waals surface area contributed by atoms with Crippen molar-refractivity contribution in [3.8, 4) is 0 Å². The number of cyclic esters (lactones) is 1. The molecule has 0 bridgehead atoms. The van der Waals surface area contributed by atoms with E-state index in [0.29, 0.717) is 11.1 Å². The van der Waals surface area contributed by atoms with Crippen LogP contribution in [0.4, 0.5) is 4.39 Å². The van der Waals surface area contributed by atoms with Crippen molar-refractivity contribution < 1.29 is 13.9 Å². The van der Waals surface area contributed by atoms with Gasteiger partial charge in [-0.2, -0.15) is 0 Å². The fourth-order valence-electron chi connectivity index (χ4n) is 1.76. The third kappa shape index (κ3) is 1.54. The average molecular weight is 206 g/mol. The van der Waals surface area contributed by atoms with Gasteiger partial charge in [0.25, 0.3) is 0 Å². The number of rotatable bonds is 2. The van der Waals surface area contributed by atoms with Crippen LogP contribution in [0.15, 0.2) is 42.5 Å². The summed E-state index contributed by atoms with van der Waals surface area (Å²) in [6.07, 6.45) is 0.229. The van der Waals surface area contributed by atoms with Gasteiger partial charge < -0.3 is 4.74 Å². The molecule has 1 atom stereocenters. The van der Waals surface area contributed by atoms with Crippen LogP contribution >= 0.6 is 0 Å². The summed E-state index contributed by atoms with van der Waals surface area (Å²) in [6.45, 7) is 2.84. The van der Waals surface area contributed by atoms with Gasteiger partial charge in [0.05, 0.1) is 0 Å². The smallest absolute Gasteiger partial charge is 0.334 e. The maximum absolute atomic E-state index is 13.1. The number of alkyl halides is 1. The Morgan fingerprint density at radius 2 is 2.07 bits per heavy atom. The van der Waals surface area contributed by atoms with Gasteiger partial charge in [0.1, 0.15) is 6.67 Å². The van der Waals surface area contributed by atoms with Gasteiger partial charge >= 0.3 is 5.97 Å². The van der Waals surface area contributed by atoms with Gasteiger partial charge in [0.15, 0.2) is 5.60 Å². The highest BCUT2D eigenvalue weighted by molar-refractivity contribution is 5.90. The summed E-state index contributed by atoms with van der Waals surface area (Å²) in [5.74, 6) is -0.503. The van der Waals surface area contributed by atoms with E-state index in [0.717, 1.165) is 0 Å². The first-order chi connectivity index (χ1) is 7.18. The molecule has 2 rings (SSSR count). The molecule has 1 saturated heterocycles. The minimum absolute atomic E-state index is 0.229. The van der Waals surface area contributed by atoms with Gasteiger partial charge in [-0.1, -0.05) is 36.9 Å². The molecule has 2 nitrogen and oxygen atoms in total. The number of hydrogen-bond donors (Lipinski definition) is 0. The highest BCUT2D eigenvalue weighted by atomic mass is 19.1. The first kappa shape index (κ1) is 9.90. The number of carbonyl (C=O) groups excluding carboxylic acids is 1. The van der Waals surface area contributed by atoms with E-state index in [1.165, 1.54) is 0 Å². The van der Waals surface area contributed by atoms with Crippen molar-refractivity contribution in [1.82, 2.24) is 0 Å². The average Bonchev–Trinajstić information content (AvgIpc) is 2.57. The Balaban J connectivity index is 2.40. The molecule has 78 valence electrons. The Hall–Kier alpha value is -1.64. The standard InChI is InChI=1S/C12H11FO2/c1-9-7-12(8-13,15-11(9)14)10-5-3-2-4-6-10/h2-6H,1,7-8H2. The molecule has 1 fully saturated rings. The van der Waals surface area contributed by atoms with Gasteiger partial charge in [-0.25, -0.2) is 9.18 Å². The Labute approximate surface area is 87.4 Å². The summed E-state index contributed by atoms with van der Waals surface area (Å²) >= 11 is 0. The van der Waals surface area contributed by atoms with E-state index < -0.39 is 18.2 Å². The summed E-state index contributed by atoms with van der Waals surface area (Å²) in [7, 11) is 0. The van der Waals surface area contributed by atoms with Gasteiger partial charge in [-0.3, -0.25) is 0 Å². The molecule has 1 aromatic carbocycles. The maximum atomic E-state index is 13.1. The number of halogens is 1. The van der Waals surface area contributed by atoms with Gasteiger partial charge in [0.2, 0.25) is 0 Å². The SMILES string of the molecule is C=C1CC(CF)(c2ccccc2)OC1=O. The van der Waals surface area contributed by atoms with Gasteiger partial charge in [0, 0.05) is 12.0 Å². The molecule has 0 N–H and O–H groups in total. The zero-order chi connectivity index (χ0) is 10.9. The second kappa shape index (κ2) is 3.50. The monoisotopic (exact) mass is 206 g/mol. The molecule has 0 aromatic heterocycles. The normalized spacial score (nSPS) is 25.4.